The van der Waals surface area contributed by atoms with E-state index in [1.807, 2.05) is 0 Å². The Hall–Kier alpha value is -0.800. The van der Waals surface area contributed by atoms with Crippen molar-refractivity contribution in [3.8, 4) is 0 Å². The van der Waals surface area contributed by atoms with E-state index in [0.717, 1.165) is 0 Å². The quantitative estimate of drug-likeness (QED) is 0.813. The van der Waals surface area contributed by atoms with Crippen LogP contribution in [0.2, 0.25) is 5.02 Å². The summed E-state index contributed by atoms with van der Waals surface area (Å²) < 4.78 is 0.271. The largest absolute Gasteiger partial charge is 0.320 e. The number of anilines is 1. The number of carbonyl (C=O) groups excluding carboxylic acids is 1. The summed E-state index contributed by atoms with van der Waals surface area (Å²) in [4.78, 5) is 11.1. The van der Waals surface area contributed by atoms with Crippen LogP contribution in [0.5, 0.6) is 0 Å². The summed E-state index contributed by atoms with van der Waals surface area (Å²) >= 11 is 8.79. The van der Waals surface area contributed by atoms with E-state index >= 15 is 0 Å². The van der Waals surface area contributed by atoms with E-state index < -0.39 is 0 Å². The van der Waals surface area contributed by atoms with Crippen molar-refractivity contribution in [2.75, 3.05) is 5.32 Å². The minimum Gasteiger partial charge on any atom is -0.320 e. The summed E-state index contributed by atoms with van der Waals surface area (Å²) in [5.74, 6) is -0.298. The van der Waals surface area contributed by atoms with Crippen molar-refractivity contribution in [3.05, 3.63) is 40.3 Å². The molecule has 0 aliphatic heterocycles. The first-order valence-electron chi connectivity index (χ1n) is 3.51. The second-order valence-electron chi connectivity index (χ2n) is 2.34. The van der Waals surface area contributed by atoms with Gasteiger partial charge in [0, 0.05) is 0 Å². The molecule has 0 aromatic heterocycles. The van der Waals surface area contributed by atoms with Crippen LogP contribution >= 0.6 is 27.5 Å². The minimum atomic E-state index is -0.298. The molecule has 0 bridgehead atoms. The first-order valence-corrected chi connectivity index (χ1v) is 4.68. The highest BCUT2D eigenvalue weighted by molar-refractivity contribution is 9.12. The van der Waals surface area contributed by atoms with Crippen molar-refractivity contribution in [1.29, 1.82) is 0 Å². The van der Waals surface area contributed by atoms with Gasteiger partial charge in [-0.2, -0.15) is 0 Å². The van der Waals surface area contributed by atoms with Crippen LogP contribution in [0.25, 0.3) is 0 Å². The van der Waals surface area contributed by atoms with E-state index in [1.54, 1.807) is 24.3 Å². The van der Waals surface area contributed by atoms with Crippen molar-refractivity contribution in [1.82, 2.24) is 0 Å². The Morgan fingerprint density at radius 3 is 2.62 bits per heavy atom. The van der Waals surface area contributed by atoms with Gasteiger partial charge in [0.25, 0.3) is 5.91 Å². The molecule has 0 radical (unpaired) electrons. The Kier molecular flexibility index (Phi) is 3.51. The third kappa shape index (κ3) is 2.86. The highest BCUT2D eigenvalue weighted by atomic mass is 79.9. The Labute approximate surface area is 89.7 Å². The number of para-hydroxylation sites is 1. The fourth-order valence-corrected chi connectivity index (χ4v) is 1.03. The monoisotopic (exact) mass is 259 g/mol. The van der Waals surface area contributed by atoms with Gasteiger partial charge in [-0.1, -0.05) is 30.3 Å². The van der Waals surface area contributed by atoms with Gasteiger partial charge in [0.15, 0.2) is 0 Å². The van der Waals surface area contributed by atoms with E-state index in [9.17, 15) is 4.79 Å². The summed E-state index contributed by atoms with van der Waals surface area (Å²) in [6.45, 7) is 3.44. The number of carbonyl (C=O) groups is 1. The average molecular weight is 261 g/mol. The Morgan fingerprint density at radius 1 is 1.46 bits per heavy atom. The summed E-state index contributed by atoms with van der Waals surface area (Å²) in [6.07, 6.45) is 0. The number of benzene rings is 1. The lowest BCUT2D eigenvalue weighted by molar-refractivity contribution is -0.112. The van der Waals surface area contributed by atoms with Crippen LogP contribution in [-0.4, -0.2) is 5.91 Å². The van der Waals surface area contributed by atoms with Gasteiger partial charge in [-0.05, 0) is 28.1 Å². The molecule has 1 N–H and O–H groups in total. The maximum atomic E-state index is 11.1. The van der Waals surface area contributed by atoms with Crippen molar-refractivity contribution in [2.45, 2.75) is 0 Å². The second kappa shape index (κ2) is 4.44. The van der Waals surface area contributed by atoms with Gasteiger partial charge in [-0.15, -0.1) is 0 Å². The molecule has 0 saturated heterocycles. The van der Waals surface area contributed by atoms with Crippen LogP contribution < -0.4 is 5.32 Å². The SMILES string of the molecule is C=C(Br)C(=O)Nc1ccccc1Cl. The molecule has 0 unspecified atom stereocenters. The van der Waals surface area contributed by atoms with Crippen LogP contribution in [0.3, 0.4) is 0 Å². The van der Waals surface area contributed by atoms with Crippen molar-refractivity contribution < 1.29 is 4.79 Å². The Balaban J connectivity index is 2.81. The van der Waals surface area contributed by atoms with E-state index in [4.69, 9.17) is 11.6 Å². The predicted octanol–water partition coefficient (Wildman–Crippen LogP) is 3.19. The predicted molar refractivity (Wildman–Crippen MR) is 58.1 cm³/mol. The van der Waals surface area contributed by atoms with Gasteiger partial charge in [-0.25, -0.2) is 0 Å². The smallest absolute Gasteiger partial charge is 0.262 e. The van der Waals surface area contributed by atoms with E-state index in [-0.39, 0.29) is 10.4 Å². The van der Waals surface area contributed by atoms with Crippen molar-refractivity contribution in [3.63, 3.8) is 0 Å². The number of amides is 1. The van der Waals surface area contributed by atoms with Crippen molar-refractivity contribution in [2.24, 2.45) is 0 Å². The maximum Gasteiger partial charge on any atom is 0.262 e. The lowest BCUT2D eigenvalue weighted by Crippen LogP contribution is -2.10. The number of rotatable bonds is 2. The molecule has 0 atom stereocenters. The maximum absolute atomic E-state index is 11.1. The van der Waals surface area contributed by atoms with Crippen LogP contribution in [-0.2, 0) is 4.79 Å². The molecule has 1 aromatic carbocycles. The third-order valence-electron chi connectivity index (χ3n) is 1.37. The first kappa shape index (κ1) is 10.3. The van der Waals surface area contributed by atoms with Gasteiger partial charge in [0.05, 0.1) is 15.2 Å². The topological polar surface area (TPSA) is 29.1 Å². The third-order valence-corrected chi connectivity index (χ3v) is 2.06. The highest BCUT2D eigenvalue weighted by Gasteiger charge is 2.05. The first-order chi connectivity index (χ1) is 6.11. The summed E-state index contributed by atoms with van der Waals surface area (Å²) in [5, 5.41) is 3.10. The van der Waals surface area contributed by atoms with Gasteiger partial charge < -0.3 is 5.32 Å². The van der Waals surface area contributed by atoms with Crippen LogP contribution in [0.15, 0.2) is 35.3 Å². The summed E-state index contributed by atoms with van der Waals surface area (Å²) in [5.41, 5.74) is 0.578. The minimum absolute atomic E-state index is 0.271. The van der Waals surface area contributed by atoms with Crippen molar-refractivity contribution >= 4 is 39.1 Å². The molecule has 0 heterocycles. The zero-order valence-electron chi connectivity index (χ0n) is 6.68. The van der Waals surface area contributed by atoms with Crippen LogP contribution in [0.1, 0.15) is 0 Å². The zero-order valence-corrected chi connectivity index (χ0v) is 9.02. The molecule has 4 heteroatoms. The van der Waals surface area contributed by atoms with Gasteiger partial charge >= 0.3 is 0 Å². The summed E-state index contributed by atoms with van der Waals surface area (Å²) in [7, 11) is 0. The van der Waals surface area contributed by atoms with Gasteiger partial charge in [-0.3, -0.25) is 4.79 Å². The van der Waals surface area contributed by atoms with Crippen LogP contribution in [0, 0.1) is 0 Å². The molecule has 0 aliphatic rings. The van der Waals surface area contributed by atoms with Crippen LogP contribution in [0.4, 0.5) is 5.69 Å². The Morgan fingerprint density at radius 2 is 2.08 bits per heavy atom. The number of hydrogen-bond acceptors (Lipinski definition) is 1. The second-order valence-corrected chi connectivity index (χ2v) is 3.70. The number of hydrogen-bond donors (Lipinski definition) is 1. The number of nitrogens with one attached hydrogen (secondary N) is 1. The summed E-state index contributed by atoms with van der Waals surface area (Å²) in [6, 6.07) is 7.00. The highest BCUT2D eigenvalue weighted by Crippen LogP contribution is 2.21. The fraction of sp³-hybridized carbons (Fsp3) is 0. The Bertz CT molecular complexity index is 351. The molecule has 0 aliphatic carbocycles. The molecule has 1 rings (SSSR count). The lowest BCUT2D eigenvalue weighted by Gasteiger charge is -2.04. The normalized spacial score (nSPS) is 9.38. The lowest BCUT2D eigenvalue weighted by atomic mass is 10.3. The molecule has 68 valence electrons. The molecule has 0 fully saturated rings. The molecule has 0 spiro atoms. The molecule has 1 amide bonds. The molecular weight excluding hydrogens is 253 g/mol. The molecular formula is C9H7BrClNO. The van der Waals surface area contributed by atoms with Gasteiger partial charge in [0.2, 0.25) is 0 Å². The molecule has 13 heavy (non-hydrogen) atoms. The zero-order chi connectivity index (χ0) is 9.84. The molecule has 1 aromatic rings. The number of halogens is 2. The fourth-order valence-electron chi connectivity index (χ4n) is 0.753. The van der Waals surface area contributed by atoms with E-state index in [1.165, 1.54) is 0 Å². The van der Waals surface area contributed by atoms with E-state index in [2.05, 4.69) is 27.8 Å². The average Bonchev–Trinajstić information content (AvgIpc) is 2.08. The molecule has 2 nitrogen and oxygen atoms in total. The standard InChI is InChI=1S/C9H7BrClNO/c1-6(10)9(13)12-8-5-3-2-4-7(8)11/h2-5H,1H2,(H,12,13). The van der Waals surface area contributed by atoms with E-state index in [0.29, 0.717) is 10.7 Å². The molecule has 0 saturated carbocycles. The van der Waals surface area contributed by atoms with Gasteiger partial charge in [0.1, 0.15) is 0 Å².